The van der Waals surface area contributed by atoms with Crippen molar-refractivity contribution >= 4 is 17.7 Å². The number of carbonyl (C=O) groups is 1. The van der Waals surface area contributed by atoms with Crippen molar-refractivity contribution in [3.8, 4) is 0 Å². The van der Waals surface area contributed by atoms with Crippen molar-refractivity contribution in [2.24, 2.45) is 10.5 Å². The summed E-state index contributed by atoms with van der Waals surface area (Å²) >= 11 is 0. The Morgan fingerprint density at radius 1 is 1.33 bits per heavy atom. The van der Waals surface area contributed by atoms with Crippen molar-refractivity contribution in [1.29, 1.82) is 0 Å². The molecule has 0 N–H and O–H groups in total. The van der Waals surface area contributed by atoms with Crippen LogP contribution in [0.25, 0.3) is 0 Å². The standard InChI is InChI=1S/C15H15F3N2O/c1-14(6-7-14)13-8-10(9-21)20(19-13)12-5-3-2-4-11(12)15(16,17)18/h2-5,9-10H,6-8H2,1H3. The van der Waals surface area contributed by atoms with Gasteiger partial charge in [-0.15, -0.1) is 0 Å². The molecule has 3 nitrogen and oxygen atoms in total. The first-order valence-corrected chi connectivity index (χ1v) is 6.84. The molecule has 0 amide bonds. The summed E-state index contributed by atoms with van der Waals surface area (Å²) < 4.78 is 39.3. The van der Waals surface area contributed by atoms with Crippen molar-refractivity contribution in [2.45, 2.75) is 38.4 Å². The minimum Gasteiger partial charge on any atom is -0.301 e. The molecule has 1 atom stereocenters. The molecule has 112 valence electrons. The number of aldehydes is 1. The summed E-state index contributed by atoms with van der Waals surface area (Å²) in [5.74, 6) is 0. The van der Waals surface area contributed by atoms with Crippen LogP contribution in [-0.2, 0) is 11.0 Å². The van der Waals surface area contributed by atoms with Crippen molar-refractivity contribution < 1.29 is 18.0 Å². The van der Waals surface area contributed by atoms with Crippen molar-refractivity contribution in [3.05, 3.63) is 29.8 Å². The molecule has 1 unspecified atom stereocenters. The van der Waals surface area contributed by atoms with Crippen LogP contribution in [0.2, 0.25) is 0 Å². The van der Waals surface area contributed by atoms with Crippen LogP contribution in [0.4, 0.5) is 18.9 Å². The largest absolute Gasteiger partial charge is 0.418 e. The van der Waals surface area contributed by atoms with Gasteiger partial charge in [-0.3, -0.25) is 5.01 Å². The van der Waals surface area contributed by atoms with E-state index < -0.39 is 17.8 Å². The lowest BCUT2D eigenvalue weighted by Gasteiger charge is -2.23. The fourth-order valence-corrected chi connectivity index (χ4v) is 2.62. The zero-order chi connectivity index (χ0) is 15.3. The molecule has 3 rings (SSSR count). The summed E-state index contributed by atoms with van der Waals surface area (Å²) in [6, 6.07) is 4.59. The highest BCUT2D eigenvalue weighted by atomic mass is 19.4. The SMILES string of the molecule is CC1(C2=NN(c3ccccc3C(F)(F)F)C(C=O)C2)CC1. The first-order chi connectivity index (χ1) is 9.85. The summed E-state index contributed by atoms with van der Waals surface area (Å²) in [5, 5.41) is 5.57. The number of benzene rings is 1. The van der Waals surface area contributed by atoms with E-state index in [1.165, 1.54) is 23.2 Å². The number of hydrogen-bond acceptors (Lipinski definition) is 3. The molecule has 6 heteroatoms. The van der Waals surface area contributed by atoms with E-state index in [9.17, 15) is 18.0 Å². The Labute approximate surface area is 120 Å². The molecule has 0 aromatic heterocycles. The average Bonchev–Trinajstić information content (AvgIpc) is 3.04. The molecule has 1 saturated carbocycles. The Hall–Kier alpha value is -1.85. The van der Waals surface area contributed by atoms with E-state index in [4.69, 9.17) is 0 Å². The lowest BCUT2D eigenvalue weighted by molar-refractivity contribution is -0.137. The highest BCUT2D eigenvalue weighted by Gasteiger charge is 2.47. The molecule has 1 aromatic carbocycles. The number of hydrazone groups is 1. The monoisotopic (exact) mass is 296 g/mol. The summed E-state index contributed by atoms with van der Waals surface area (Å²) in [4.78, 5) is 11.2. The molecule has 1 heterocycles. The Morgan fingerprint density at radius 2 is 2.00 bits per heavy atom. The van der Waals surface area contributed by atoms with E-state index in [-0.39, 0.29) is 11.1 Å². The van der Waals surface area contributed by atoms with Gasteiger partial charge in [-0.05, 0) is 25.0 Å². The van der Waals surface area contributed by atoms with Gasteiger partial charge in [0.2, 0.25) is 0 Å². The summed E-state index contributed by atoms with van der Waals surface area (Å²) in [6.07, 6.45) is -1.42. The third-order valence-corrected chi connectivity index (χ3v) is 4.26. The van der Waals surface area contributed by atoms with Gasteiger partial charge in [0.05, 0.1) is 11.3 Å². The van der Waals surface area contributed by atoms with Gasteiger partial charge >= 0.3 is 6.18 Å². The van der Waals surface area contributed by atoms with Gasteiger partial charge < -0.3 is 4.79 Å². The van der Waals surface area contributed by atoms with E-state index in [1.54, 1.807) is 0 Å². The smallest absolute Gasteiger partial charge is 0.301 e. The normalized spacial score (nSPS) is 23.9. The average molecular weight is 296 g/mol. The minimum absolute atomic E-state index is 0.0385. The van der Waals surface area contributed by atoms with Gasteiger partial charge in [0, 0.05) is 17.5 Å². The Morgan fingerprint density at radius 3 is 2.57 bits per heavy atom. The van der Waals surface area contributed by atoms with Crippen molar-refractivity contribution in [3.63, 3.8) is 0 Å². The van der Waals surface area contributed by atoms with Crippen LogP contribution in [-0.4, -0.2) is 18.0 Å². The number of halogens is 3. The van der Waals surface area contributed by atoms with Crippen LogP contribution >= 0.6 is 0 Å². The number of rotatable bonds is 3. The van der Waals surface area contributed by atoms with Gasteiger partial charge in [0.15, 0.2) is 0 Å². The number of anilines is 1. The Balaban J connectivity index is 2.03. The maximum Gasteiger partial charge on any atom is 0.418 e. The number of para-hydroxylation sites is 1. The molecular formula is C15H15F3N2O. The first kappa shape index (κ1) is 14.1. The van der Waals surface area contributed by atoms with Crippen molar-refractivity contribution in [1.82, 2.24) is 0 Å². The van der Waals surface area contributed by atoms with Crippen LogP contribution < -0.4 is 5.01 Å². The molecule has 1 aliphatic heterocycles. The predicted octanol–water partition coefficient (Wildman–Crippen LogP) is 3.64. The fourth-order valence-electron chi connectivity index (χ4n) is 2.62. The third-order valence-electron chi connectivity index (χ3n) is 4.26. The van der Waals surface area contributed by atoms with E-state index >= 15 is 0 Å². The molecule has 1 aromatic rings. The lowest BCUT2D eigenvalue weighted by atomic mass is 9.98. The van der Waals surface area contributed by atoms with E-state index in [1.807, 2.05) is 6.92 Å². The van der Waals surface area contributed by atoms with Crippen LogP contribution in [0.3, 0.4) is 0 Å². The minimum atomic E-state index is -4.47. The third kappa shape index (κ3) is 2.43. The predicted molar refractivity (Wildman–Crippen MR) is 73.2 cm³/mol. The van der Waals surface area contributed by atoms with E-state index in [0.717, 1.165) is 24.6 Å². The maximum absolute atomic E-state index is 13.1. The molecule has 21 heavy (non-hydrogen) atoms. The molecule has 0 spiro atoms. The Bertz CT molecular complexity index is 605. The van der Waals surface area contributed by atoms with E-state index in [0.29, 0.717) is 12.7 Å². The Kier molecular flexibility index (Phi) is 3.07. The molecule has 0 bridgehead atoms. The van der Waals surface area contributed by atoms with Crippen LogP contribution in [0, 0.1) is 5.41 Å². The van der Waals surface area contributed by atoms with Gasteiger partial charge in [-0.2, -0.15) is 18.3 Å². The lowest BCUT2D eigenvalue weighted by Crippen LogP contribution is -2.29. The second kappa shape index (κ2) is 4.58. The number of alkyl halides is 3. The fraction of sp³-hybridized carbons (Fsp3) is 0.467. The van der Waals surface area contributed by atoms with Crippen LogP contribution in [0.1, 0.15) is 31.7 Å². The van der Waals surface area contributed by atoms with E-state index in [2.05, 4.69) is 5.10 Å². The molecular weight excluding hydrogens is 281 g/mol. The first-order valence-electron chi connectivity index (χ1n) is 6.84. The van der Waals surface area contributed by atoms with Crippen LogP contribution in [0.15, 0.2) is 29.4 Å². The number of carbonyl (C=O) groups excluding carboxylic acids is 1. The second-order valence-electron chi connectivity index (χ2n) is 5.87. The molecule has 2 aliphatic rings. The summed E-state index contributed by atoms with van der Waals surface area (Å²) in [5.41, 5.74) is -0.0239. The van der Waals surface area contributed by atoms with Crippen LogP contribution in [0.5, 0.6) is 0 Å². The number of hydrogen-bond donors (Lipinski definition) is 0. The zero-order valence-corrected chi connectivity index (χ0v) is 11.5. The maximum atomic E-state index is 13.1. The summed E-state index contributed by atoms with van der Waals surface area (Å²) in [7, 11) is 0. The molecule has 0 saturated heterocycles. The van der Waals surface area contributed by atoms with Gasteiger partial charge in [0.25, 0.3) is 0 Å². The highest BCUT2D eigenvalue weighted by Crippen LogP contribution is 2.50. The van der Waals surface area contributed by atoms with Gasteiger partial charge in [-0.1, -0.05) is 19.1 Å². The quantitative estimate of drug-likeness (QED) is 0.798. The topological polar surface area (TPSA) is 32.7 Å². The van der Waals surface area contributed by atoms with Gasteiger partial charge in [0.1, 0.15) is 12.3 Å². The van der Waals surface area contributed by atoms with Crippen molar-refractivity contribution in [2.75, 3.05) is 5.01 Å². The molecule has 1 fully saturated rings. The second-order valence-corrected chi connectivity index (χ2v) is 5.87. The summed E-state index contributed by atoms with van der Waals surface area (Å²) in [6.45, 7) is 2.03. The molecule has 0 radical (unpaired) electrons. The number of nitrogens with zero attached hydrogens (tertiary/aromatic N) is 2. The van der Waals surface area contributed by atoms with Gasteiger partial charge in [-0.25, -0.2) is 0 Å². The highest BCUT2D eigenvalue weighted by molar-refractivity contribution is 5.98. The zero-order valence-electron chi connectivity index (χ0n) is 11.5. The molecule has 1 aliphatic carbocycles.